The van der Waals surface area contributed by atoms with Gasteiger partial charge in [0.1, 0.15) is 10.1 Å². The molecule has 0 aromatic rings. The van der Waals surface area contributed by atoms with Crippen molar-refractivity contribution in [3.05, 3.63) is 0 Å². The predicted molar refractivity (Wildman–Crippen MR) is 90.9 cm³/mol. The summed E-state index contributed by atoms with van der Waals surface area (Å²) in [7, 11) is -4.41. The second-order valence-corrected chi connectivity index (χ2v) is 7.95. The first-order chi connectivity index (χ1) is 10.4. The second kappa shape index (κ2) is 16.3. The van der Waals surface area contributed by atoms with Gasteiger partial charge in [0.25, 0.3) is 0 Å². The van der Waals surface area contributed by atoms with Crippen molar-refractivity contribution in [3.63, 3.8) is 0 Å². The maximum absolute atomic E-state index is 11.4. The smallest absolute Gasteiger partial charge is 0.748 e. The van der Waals surface area contributed by atoms with Crippen LogP contribution in [0.2, 0.25) is 0 Å². The van der Waals surface area contributed by atoms with Crippen molar-refractivity contribution in [2.75, 3.05) is 0 Å². The van der Waals surface area contributed by atoms with Crippen molar-refractivity contribution in [2.45, 2.75) is 109 Å². The molecule has 0 amide bonds. The van der Waals surface area contributed by atoms with Gasteiger partial charge in [0.2, 0.25) is 0 Å². The van der Waals surface area contributed by atoms with Gasteiger partial charge in [0.15, 0.2) is 0 Å². The molecule has 2 unspecified atom stereocenters. The summed E-state index contributed by atoms with van der Waals surface area (Å²) in [6.45, 7) is 4.28. The molecule has 0 spiro atoms. The minimum Gasteiger partial charge on any atom is -0.748 e. The molecule has 0 saturated heterocycles. The predicted octanol–water partition coefficient (Wildman–Crippen LogP) is 1.38. The molecule has 0 rings (SSSR count). The number of rotatable bonds is 15. The van der Waals surface area contributed by atoms with Gasteiger partial charge in [0.05, 0.1) is 11.4 Å². The SMILES string of the molecule is CCCCCCCCC(C(O)CCCCCCC)S(=O)(=O)[O-].[Na+]. The van der Waals surface area contributed by atoms with Crippen molar-refractivity contribution < 1.29 is 47.6 Å². The van der Waals surface area contributed by atoms with Crippen molar-refractivity contribution in [2.24, 2.45) is 0 Å². The molecule has 0 heterocycles. The second-order valence-electron chi connectivity index (χ2n) is 6.36. The van der Waals surface area contributed by atoms with Gasteiger partial charge in [-0.05, 0) is 12.8 Å². The topological polar surface area (TPSA) is 77.4 Å². The van der Waals surface area contributed by atoms with Crippen LogP contribution in [0.25, 0.3) is 0 Å². The summed E-state index contributed by atoms with van der Waals surface area (Å²) in [5.74, 6) is 0. The normalized spacial score (nSPS) is 14.3. The molecule has 0 aromatic carbocycles. The Morgan fingerprint density at radius 1 is 0.783 bits per heavy atom. The minimum absolute atomic E-state index is 0. The maximum Gasteiger partial charge on any atom is 1.00 e. The summed E-state index contributed by atoms with van der Waals surface area (Å²) < 4.78 is 34.1. The number of aliphatic hydroxyl groups is 1. The van der Waals surface area contributed by atoms with Crippen LogP contribution in [0.1, 0.15) is 97.3 Å². The van der Waals surface area contributed by atoms with Crippen molar-refractivity contribution >= 4 is 10.1 Å². The van der Waals surface area contributed by atoms with Crippen LogP contribution < -0.4 is 29.6 Å². The van der Waals surface area contributed by atoms with E-state index in [2.05, 4.69) is 13.8 Å². The first kappa shape index (κ1) is 26.1. The Balaban J connectivity index is 0. The van der Waals surface area contributed by atoms with Gasteiger partial charge < -0.3 is 9.66 Å². The van der Waals surface area contributed by atoms with Gasteiger partial charge in [-0.2, -0.15) is 0 Å². The van der Waals surface area contributed by atoms with E-state index in [4.69, 9.17) is 0 Å². The van der Waals surface area contributed by atoms with E-state index in [9.17, 15) is 18.1 Å². The molecule has 0 aromatic heterocycles. The number of aliphatic hydroxyl groups excluding tert-OH is 1. The molecule has 0 aliphatic rings. The van der Waals surface area contributed by atoms with Crippen LogP contribution in [0.5, 0.6) is 0 Å². The molecule has 0 bridgehead atoms. The van der Waals surface area contributed by atoms with Crippen molar-refractivity contribution in [1.29, 1.82) is 0 Å². The average molecular weight is 359 g/mol. The molecule has 1 N–H and O–H groups in total. The van der Waals surface area contributed by atoms with Crippen LogP contribution in [-0.2, 0) is 10.1 Å². The summed E-state index contributed by atoms with van der Waals surface area (Å²) in [4.78, 5) is 0. The first-order valence-electron chi connectivity index (χ1n) is 9.06. The third-order valence-electron chi connectivity index (χ3n) is 4.25. The Hall–Kier alpha value is 0.870. The van der Waals surface area contributed by atoms with Crippen LogP contribution >= 0.6 is 0 Å². The molecule has 2 atom stereocenters. The molecule has 0 saturated carbocycles. The summed E-state index contributed by atoms with van der Waals surface area (Å²) in [6.07, 6.45) is 11.2. The van der Waals surface area contributed by atoms with E-state index in [0.717, 1.165) is 51.4 Å². The van der Waals surface area contributed by atoms with E-state index in [1.54, 1.807) is 0 Å². The van der Waals surface area contributed by atoms with Crippen molar-refractivity contribution in [1.82, 2.24) is 0 Å². The third-order valence-corrected chi connectivity index (χ3v) is 5.54. The molecule has 0 aliphatic carbocycles. The number of hydrogen-bond donors (Lipinski definition) is 1. The van der Waals surface area contributed by atoms with E-state index in [-0.39, 0.29) is 29.6 Å². The Labute approximate surface area is 165 Å². The molecular formula is C17H35NaO4S. The van der Waals surface area contributed by atoms with Crippen LogP contribution in [0, 0.1) is 0 Å². The maximum atomic E-state index is 11.4. The fourth-order valence-electron chi connectivity index (χ4n) is 2.80. The summed E-state index contributed by atoms with van der Waals surface area (Å²) in [6, 6.07) is 0. The Kier molecular flexibility index (Phi) is 18.5. The molecule has 4 nitrogen and oxygen atoms in total. The molecule has 0 fully saturated rings. The fraction of sp³-hybridized carbons (Fsp3) is 1.00. The zero-order chi connectivity index (χ0) is 16.8. The van der Waals surface area contributed by atoms with Gasteiger partial charge in [-0.1, -0.05) is 84.5 Å². The van der Waals surface area contributed by atoms with E-state index >= 15 is 0 Å². The van der Waals surface area contributed by atoms with Crippen LogP contribution in [-0.4, -0.2) is 29.4 Å². The molecule has 0 aliphatic heterocycles. The molecule has 23 heavy (non-hydrogen) atoms. The molecule has 0 radical (unpaired) electrons. The van der Waals surface area contributed by atoms with Gasteiger partial charge in [-0.3, -0.25) is 0 Å². The minimum atomic E-state index is -4.41. The van der Waals surface area contributed by atoms with E-state index in [1.807, 2.05) is 0 Å². The quantitative estimate of drug-likeness (QED) is 0.272. The van der Waals surface area contributed by atoms with Crippen LogP contribution in [0.4, 0.5) is 0 Å². The van der Waals surface area contributed by atoms with Crippen LogP contribution in [0.15, 0.2) is 0 Å². The van der Waals surface area contributed by atoms with Gasteiger partial charge in [0, 0.05) is 0 Å². The standard InChI is InChI=1S/C17H36O4S.Na/c1-3-5-7-9-11-13-15-17(22(19,20)21)16(18)14-12-10-8-6-4-2;/h16-18H,3-15H2,1-2H3,(H,19,20,21);/q;+1/p-1. The van der Waals surface area contributed by atoms with Gasteiger partial charge in [-0.25, -0.2) is 8.42 Å². The van der Waals surface area contributed by atoms with Gasteiger partial charge in [-0.15, -0.1) is 0 Å². The fourth-order valence-corrected chi connectivity index (χ4v) is 3.77. The Morgan fingerprint density at radius 3 is 1.61 bits per heavy atom. The molecular weight excluding hydrogens is 323 g/mol. The largest absolute Gasteiger partial charge is 1.00 e. The van der Waals surface area contributed by atoms with Gasteiger partial charge >= 0.3 is 29.6 Å². The van der Waals surface area contributed by atoms with E-state index < -0.39 is 21.5 Å². The zero-order valence-corrected chi connectivity index (χ0v) is 18.2. The Bertz CT molecular complexity index is 347. The van der Waals surface area contributed by atoms with Crippen molar-refractivity contribution in [3.8, 4) is 0 Å². The monoisotopic (exact) mass is 358 g/mol. The Morgan fingerprint density at radius 2 is 1.17 bits per heavy atom. The molecule has 134 valence electrons. The summed E-state index contributed by atoms with van der Waals surface area (Å²) >= 11 is 0. The third kappa shape index (κ3) is 14.9. The summed E-state index contributed by atoms with van der Waals surface area (Å²) in [5.41, 5.74) is 0. The van der Waals surface area contributed by atoms with E-state index in [0.29, 0.717) is 19.3 Å². The number of hydrogen-bond acceptors (Lipinski definition) is 4. The van der Waals surface area contributed by atoms with E-state index in [1.165, 1.54) is 12.8 Å². The molecule has 6 heteroatoms. The first-order valence-corrected chi connectivity index (χ1v) is 10.5. The summed E-state index contributed by atoms with van der Waals surface area (Å²) in [5, 5.41) is 8.94. The number of unbranched alkanes of at least 4 members (excludes halogenated alkanes) is 9. The van der Waals surface area contributed by atoms with Crippen LogP contribution in [0.3, 0.4) is 0 Å². The average Bonchev–Trinajstić information content (AvgIpc) is 2.44. The zero-order valence-electron chi connectivity index (χ0n) is 15.4.